The maximum Gasteiger partial charge on any atom is 0.127 e. The molecule has 82 valence electrons. The molecule has 1 aromatic carbocycles. The minimum absolute atomic E-state index is 0.601. The fourth-order valence-electron chi connectivity index (χ4n) is 1.26. The highest BCUT2D eigenvalue weighted by Gasteiger charge is 2.00. The maximum absolute atomic E-state index is 5.81. The number of rotatable bonds is 3. The van der Waals surface area contributed by atoms with Crippen LogP contribution in [0.5, 0.6) is 0 Å². The van der Waals surface area contributed by atoms with Crippen LogP contribution in [-0.2, 0) is 5.75 Å². The Kier molecular flexibility index (Phi) is 3.70. The van der Waals surface area contributed by atoms with Crippen molar-refractivity contribution in [3.8, 4) is 0 Å². The lowest BCUT2D eigenvalue weighted by Crippen LogP contribution is -1.94. The maximum atomic E-state index is 5.81. The van der Waals surface area contributed by atoms with Crippen molar-refractivity contribution in [1.29, 1.82) is 0 Å². The van der Waals surface area contributed by atoms with E-state index in [1.807, 2.05) is 36.4 Å². The highest BCUT2D eigenvalue weighted by molar-refractivity contribution is 7.98. The number of halogens is 1. The minimum atomic E-state index is 0.601. The van der Waals surface area contributed by atoms with E-state index in [0.29, 0.717) is 5.82 Å². The van der Waals surface area contributed by atoms with Crippen LogP contribution in [0.3, 0.4) is 0 Å². The third-order valence-electron chi connectivity index (χ3n) is 2.13. The molecule has 0 unspecified atom stereocenters. The van der Waals surface area contributed by atoms with Gasteiger partial charge in [0.25, 0.3) is 0 Å². The number of thioether (sulfide) groups is 1. The first kappa shape index (κ1) is 11.3. The molecule has 0 aliphatic heterocycles. The first-order valence-corrected chi connectivity index (χ1v) is 6.20. The summed E-state index contributed by atoms with van der Waals surface area (Å²) in [6, 6.07) is 11.7. The van der Waals surface area contributed by atoms with Gasteiger partial charge in [-0.05, 0) is 30.3 Å². The van der Waals surface area contributed by atoms with E-state index in [4.69, 9.17) is 17.3 Å². The van der Waals surface area contributed by atoms with E-state index in [0.717, 1.165) is 16.3 Å². The molecule has 2 aromatic rings. The highest BCUT2D eigenvalue weighted by atomic mass is 35.5. The lowest BCUT2D eigenvalue weighted by atomic mass is 10.3. The molecule has 0 amide bonds. The van der Waals surface area contributed by atoms with Gasteiger partial charge in [-0.15, -0.1) is 11.8 Å². The van der Waals surface area contributed by atoms with Crippen molar-refractivity contribution in [2.75, 3.05) is 5.73 Å². The van der Waals surface area contributed by atoms with Gasteiger partial charge < -0.3 is 5.73 Å². The first-order chi connectivity index (χ1) is 7.75. The van der Waals surface area contributed by atoms with Crippen LogP contribution in [0.1, 0.15) is 5.56 Å². The molecule has 1 aromatic heterocycles. The van der Waals surface area contributed by atoms with Crippen molar-refractivity contribution in [3.05, 3.63) is 53.2 Å². The largest absolute Gasteiger partial charge is 0.383 e. The second kappa shape index (κ2) is 5.23. The Hall–Kier alpha value is -1.19. The Balaban J connectivity index is 2.02. The molecule has 0 aliphatic rings. The molecule has 0 fully saturated rings. The summed E-state index contributed by atoms with van der Waals surface area (Å²) in [5.41, 5.74) is 6.82. The van der Waals surface area contributed by atoms with Gasteiger partial charge in [0.1, 0.15) is 5.82 Å². The summed E-state index contributed by atoms with van der Waals surface area (Å²) < 4.78 is 0. The molecule has 0 atom stereocenters. The van der Waals surface area contributed by atoms with E-state index in [1.54, 1.807) is 18.0 Å². The number of benzene rings is 1. The van der Waals surface area contributed by atoms with Crippen molar-refractivity contribution in [2.45, 2.75) is 10.6 Å². The number of anilines is 1. The zero-order valence-electron chi connectivity index (χ0n) is 8.56. The molecule has 0 bridgehead atoms. The van der Waals surface area contributed by atoms with Crippen LogP contribution in [0, 0.1) is 0 Å². The van der Waals surface area contributed by atoms with Gasteiger partial charge in [-0.25, -0.2) is 4.98 Å². The number of hydrogen-bond acceptors (Lipinski definition) is 3. The Morgan fingerprint density at radius 1 is 1.19 bits per heavy atom. The van der Waals surface area contributed by atoms with Gasteiger partial charge >= 0.3 is 0 Å². The Morgan fingerprint density at radius 2 is 1.94 bits per heavy atom. The van der Waals surface area contributed by atoms with Gasteiger partial charge in [0, 0.05) is 27.4 Å². The fourth-order valence-corrected chi connectivity index (χ4v) is 2.29. The molecular formula is C12H11ClN2S. The molecule has 2 rings (SSSR count). The molecule has 0 aliphatic carbocycles. The lowest BCUT2D eigenvalue weighted by molar-refractivity contribution is 1.26. The monoisotopic (exact) mass is 250 g/mol. The quantitative estimate of drug-likeness (QED) is 0.846. The van der Waals surface area contributed by atoms with Crippen LogP contribution in [0.4, 0.5) is 5.82 Å². The van der Waals surface area contributed by atoms with Crippen LogP contribution < -0.4 is 5.73 Å². The Labute approximate surface area is 104 Å². The average molecular weight is 251 g/mol. The van der Waals surface area contributed by atoms with Crippen LogP contribution >= 0.6 is 23.4 Å². The van der Waals surface area contributed by atoms with E-state index in [-0.39, 0.29) is 0 Å². The summed E-state index contributed by atoms with van der Waals surface area (Å²) in [5.74, 6) is 1.42. The topological polar surface area (TPSA) is 38.9 Å². The van der Waals surface area contributed by atoms with Gasteiger partial charge in [0.05, 0.1) is 0 Å². The van der Waals surface area contributed by atoms with Crippen molar-refractivity contribution in [1.82, 2.24) is 4.98 Å². The van der Waals surface area contributed by atoms with Gasteiger partial charge in [-0.1, -0.05) is 17.7 Å². The molecule has 2 nitrogen and oxygen atoms in total. The van der Waals surface area contributed by atoms with Crippen LogP contribution in [0.25, 0.3) is 0 Å². The highest BCUT2D eigenvalue weighted by Crippen LogP contribution is 2.25. The molecule has 2 N–H and O–H groups in total. The van der Waals surface area contributed by atoms with E-state index >= 15 is 0 Å². The molecule has 1 heterocycles. The summed E-state index contributed by atoms with van der Waals surface area (Å²) in [6.07, 6.45) is 1.70. The van der Waals surface area contributed by atoms with E-state index in [1.165, 1.54) is 4.90 Å². The number of aromatic nitrogens is 1. The molecule has 0 radical (unpaired) electrons. The Bertz CT molecular complexity index is 471. The third-order valence-corrected chi connectivity index (χ3v) is 3.45. The molecule has 0 saturated heterocycles. The first-order valence-electron chi connectivity index (χ1n) is 4.83. The Morgan fingerprint density at radius 3 is 2.62 bits per heavy atom. The normalized spacial score (nSPS) is 10.3. The molecule has 16 heavy (non-hydrogen) atoms. The summed E-state index contributed by atoms with van der Waals surface area (Å²) in [4.78, 5) is 5.22. The lowest BCUT2D eigenvalue weighted by Gasteiger charge is -2.04. The van der Waals surface area contributed by atoms with E-state index < -0.39 is 0 Å². The van der Waals surface area contributed by atoms with Crippen LogP contribution in [0.2, 0.25) is 5.02 Å². The number of nitrogens with zero attached hydrogens (tertiary/aromatic N) is 1. The molecule has 4 heteroatoms. The van der Waals surface area contributed by atoms with Gasteiger partial charge in [-0.2, -0.15) is 0 Å². The van der Waals surface area contributed by atoms with Gasteiger partial charge in [-0.3, -0.25) is 0 Å². The zero-order valence-corrected chi connectivity index (χ0v) is 10.1. The summed E-state index contributed by atoms with van der Waals surface area (Å²) >= 11 is 7.53. The third kappa shape index (κ3) is 2.90. The summed E-state index contributed by atoms with van der Waals surface area (Å²) in [6.45, 7) is 0. The standard InChI is InChI=1S/C12H11ClN2S/c13-10-3-5-11(6-4-10)16-8-9-2-1-7-15-12(9)14/h1-7H,8H2,(H2,14,15). The second-order valence-electron chi connectivity index (χ2n) is 3.29. The fraction of sp³-hybridized carbons (Fsp3) is 0.0833. The van der Waals surface area contributed by atoms with Gasteiger partial charge in [0.2, 0.25) is 0 Å². The number of nitrogen functional groups attached to an aromatic ring is 1. The number of pyridine rings is 1. The number of nitrogens with two attached hydrogens (primary N) is 1. The second-order valence-corrected chi connectivity index (χ2v) is 4.78. The van der Waals surface area contributed by atoms with Crippen molar-refractivity contribution in [3.63, 3.8) is 0 Å². The SMILES string of the molecule is Nc1ncccc1CSc1ccc(Cl)cc1. The van der Waals surface area contributed by atoms with Crippen molar-refractivity contribution < 1.29 is 0 Å². The molecule has 0 saturated carbocycles. The van der Waals surface area contributed by atoms with E-state index in [2.05, 4.69) is 4.98 Å². The van der Waals surface area contributed by atoms with E-state index in [9.17, 15) is 0 Å². The smallest absolute Gasteiger partial charge is 0.127 e. The average Bonchev–Trinajstić information content (AvgIpc) is 2.30. The minimum Gasteiger partial charge on any atom is -0.383 e. The van der Waals surface area contributed by atoms with Crippen LogP contribution in [-0.4, -0.2) is 4.98 Å². The predicted octanol–water partition coefficient (Wildman–Crippen LogP) is 3.61. The van der Waals surface area contributed by atoms with Crippen LogP contribution in [0.15, 0.2) is 47.5 Å². The summed E-state index contributed by atoms with van der Waals surface area (Å²) in [5, 5.41) is 0.755. The van der Waals surface area contributed by atoms with Crippen molar-refractivity contribution >= 4 is 29.2 Å². The van der Waals surface area contributed by atoms with Crippen molar-refractivity contribution in [2.24, 2.45) is 0 Å². The van der Waals surface area contributed by atoms with Gasteiger partial charge in [0.15, 0.2) is 0 Å². The number of hydrogen-bond donors (Lipinski definition) is 1. The molecule has 0 spiro atoms. The zero-order chi connectivity index (χ0) is 11.4. The molecular weight excluding hydrogens is 240 g/mol. The summed E-state index contributed by atoms with van der Waals surface area (Å²) in [7, 11) is 0. The predicted molar refractivity (Wildman–Crippen MR) is 69.7 cm³/mol.